The summed E-state index contributed by atoms with van der Waals surface area (Å²) in [5.74, 6) is 2.60. The van der Waals surface area contributed by atoms with Gasteiger partial charge in [-0.15, -0.1) is 0 Å². The Kier molecular flexibility index (Phi) is 9.94. The van der Waals surface area contributed by atoms with Gasteiger partial charge in [0.15, 0.2) is 0 Å². The van der Waals surface area contributed by atoms with Crippen molar-refractivity contribution in [3.63, 3.8) is 0 Å². The van der Waals surface area contributed by atoms with Gasteiger partial charge in [-0.1, -0.05) is 137 Å². The first kappa shape index (κ1) is 37.9. The minimum Gasteiger partial charge on any atom is -0.338 e. The van der Waals surface area contributed by atoms with Gasteiger partial charge in [0, 0.05) is 39.9 Å². The Labute approximate surface area is 359 Å². The van der Waals surface area contributed by atoms with Crippen LogP contribution in [0.2, 0.25) is 0 Å². The van der Waals surface area contributed by atoms with E-state index in [4.69, 9.17) is 0 Å². The van der Waals surface area contributed by atoms with Crippen molar-refractivity contribution in [1.82, 2.24) is 0 Å². The van der Waals surface area contributed by atoms with E-state index in [1.165, 1.54) is 144 Å². The Morgan fingerprint density at radius 2 is 1.12 bits per heavy atom. The third kappa shape index (κ3) is 6.89. The molecule has 3 unspecified atom stereocenters. The largest absolute Gasteiger partial charge is 0.338 e. The highest BCUT2D eigenvalue weighted by atomic mass is 15.2. The molecule has 0 N–H and O–H groups in total. The lowest BCUT2D eigenvalue weighted by atomic mass is 9.82. The molecule has 2 heteroatoms. The van der Waals surface area contributed by atoms with Gasteiger partial charge in [0.25, 0.3) is 0 Å². The Bertz CT molecular complexity index is 2490. The molecule has 6 aromatic carbocycles. The highest BCUT2D eigenvalue weighted by Crippen LogP contribution is 2.54. The topological polar surface area (TPSA) is 6.48 Å². The molecular weight excluding hydrogens is 725 g/mol. The highest BCUT2D eigenvalue weighted by Gasteiger charge is 2.40. The standard InChI is InChI=1S/C58H62N2/c1-58(2)54-18-12-11-17-51(54)52-34-33-50(39-55(52)58)60(48-13-7-4-3-5-8-14-48)57-38-41-20-25-44-24-19-40(21-26-45(57)27-22-41)37-56(44)59(47-15-9-6-10-16-47)49-31-29-43(30-32-49)53-36-42-23-28-46(53)35-42/h6,9-12,15-19,22,24,27,29-34,37-39,42,46,48,53H,3-5,7-8,13-14,20-21,23,25-26,28,35-36H2,1-2H3. The second-order valence-electron chi connectivity index (χ2n) is 19.7. The zero-order valence-electron chi connectivity index (χ0n) is 36.0. The van der Waals surface area contributed by atoms with Crippen LogP contribution in [-0.4, -0.2) is 6.04 Å². The van der Waals surface area contributed by atoms with Gasteiger partial charge >= 0.3 is 0 Å². The lowest BCUT2D eigenvalue weighted by Crippen LogP contribution is -2.33. The Balaban J connectivity index is 0.959. The van der Waals surface area contributed by atoms with Crippen LogP contribution in [0.1, 0.15) is 129 Å². The van der Waals surface area contributed by atoms with Gasteiger partial charge < -0.3 is 9.80 Å². The minimum absolute atomic E-state index is 0.0228. The van der Waals surface area contributed by atoms with Crippen molar-refractivity contribution < 1.29 is 0 Å². The number of benzene rings is 6. The van der Waals surface area contributed by atoms with Crippen molar-refractivity contribution in [3.05, 3.63) is 172 Å². The molecular formula is C58H62N2. The molecule has 0 aromatic heterocycles. The number of nitrogens with zero attached hydrogens (tertiary/aromatic N) is 2. The SMILES string of the molecule is CC1(C)c2ccccc2-c2ccc(N(c3cc4ccc3CCc3ccc(c(N(c5ccccc5)c5ccc(C6CC7CCC6C7)cc5)c3)CC4)C3CCCCCCC3)cc21. The number of rotatable bonds is 7. The second-order valence-corrected chi connectivity index (χ2v) is 19.7. The quantitative estimate of drug-likeness (QED) is 0.159. The molecule has 6 aromatic rings. The van der Waals surface area contributed by atoms with Gasteiger partial charge in [0.2, 0.25) is 0 Å². The molecule has 60 heavy (non-hydrogen) atoms. The number of fused-ring (bicyclic) bond motifs is 5. The van der Waals surface area contributed by atoms with Crippen LogP contribution in [0.4, 0.5) is 28.4 Å². The number of aryl methyl sites for hydroxylation is 4. The summed E-state index contributed by atoms with van der Waals surface area (Å²) in [6.45, 7) is 4.86. The van der Waals surface area contributed by atoms with Crippen molar-refractivity contribution in [3.8, 4) is 11.1 Å². The maximum atomic E-state index is 2.83. The first-order chi connectivity index (χ1) is 29.5. The summed E-state index contributed by atoms with van der Waals surface area (Å²) in [5.41, 5.74) is 19.7. The molecule has 3 fully saturated rings. The smallest absolute Gasteiger partial charge is 0.0496 e. The summed E-state index contributed by atoms with van der Waals surface area (Å²) in [6, 6.07) is 52.9. The first-order valence-corrected chi connectivity index (χ1v) is 23.7. The average Bonchev–Trinajstić information content (AvgIpc) is 3.96. The van der Waals surface area contributed by atoms with Crippen LogP contribution in [0.25, 0.3) is 11.1 Å². The van der Waals surface area contributed by atoms with Gasteiger partial charge in [0.05, 0.1) is 0 Å². The molecule has 3 saturated carbocycles. The van der Waals surface area contributed by atoms with E-state index in [0.29, 0.717) is 6.04 Å². The Morgan fingerprint density at radius 1 is 0.483 bits per heavy atom. The number of anilines is 5. The Morgan fingerprint density at radius 3 is 1.83 bits per heavy atom. The summed E-state index contributed by atoms with van der Waals surface area (Å²) in [5, 5.41) is 0. The molecule has 0 radical (unpaired) electrons. The van der Waals surface area contributed by atoms with Crippen LogP contribution >= 0.6 is 0 Å². The maximum Gasteiger partial charge on any atom is 0.0496 e. The zero-order chi connectivity index (χ0) is 40.2. The summed E-state index contributed by atoms with van der Waals surface area (Å²) in [4.78, 5) is 5.38. The molecule has 0 saturated heterocycles. The van der Waals surface area contributed by atoms with Crippen LogP contribution in [0, 0.1) is 11.8 Å². The molecule has 304 valence electrons. The zero-order valence-corrected chi connectivity index (χ0v) is 36.0. The van der Waals surface area contributed by atoms with Crippen molar-refractivity contribution in [2.45, 2.75) is 128 Å². The third-order valence-corrected chi connectivity index (χ3v) is 15.8. The molecule has 6 bridgehead atoms. The molecule has 0 heterocycles. The van der Waals surface area contributed by atoms with Gasteiger partial charge in [-0.3, -0.25) is 0 Å². The normalized spacial score (nSPS) is 21.7. The lowest BCUT2D eigenvalue weighted by Gasteiger charge is -2.37. The molecule has 8 aliphatic rings. The summed E-state index contributed by atoms with van der Waals surface area (Å²) in [7, 11) is 0. The van der Waals surface area contributed by atoms with Crippen molar-refractivity contribution >= 4 is 28.4 Å². The fraction of sp³-hybridized carbons (Fsp3) is 0.379. The maximum absolute atomic E-state index is 2.83. The highest BCUT2D eigenvalue weighted by molar-refractivity contribution is 5.84. The minimum atomic E-state index is -0.0228. The molecule has 0 spiro atoms. The van der Waals surface area contributed by atoms with Gasteiger partial charge in [-0.2, -0.15) is 0 Å². The molecule has 3 atom stereocenters. The molecule has 0 aliphatic heterocycles. The summed E-state index contributed by atoms with van der Waals surface area (Å²) >= 11 is 0. The molecule has 2 nitrogen and oxygen atoms in total. The number of hydrogen-bond acceptors (Lipinski definition) is 2. The van der Waals surface area contributed by atoms with Gasteiger partial charge in [0.1, 0.15) is 0 Å². The van der Waals surface area contributed by atoms with E-state index in [1.54, 1.807) is 5.56 Å². The monoisotopic (exact) mass is 786 g/mol. The van der Waals surface area contributed by atoms with E-state index in [9.17, 15) is 0 Å². The fourth-order valence-corrected chi connectivity index (χ4v) is 12.6. The van der Waals surface area contributed by atoms with E-state index in [0.717, 1.165) is 43.4 Å². The number of hydrogen-bond donors (Lipinski definition) is 0. The number of para-hydroxylation sites is 1. The van der Waals surface area contributed by atoms with E-state index < -0.39 is 0 Å². The van der Waals surface area contributed by atoms with Crippen LogP contribution in [0.15, 0.2) is 133 Å². The lowest BCUT2D eigenvalue weighted by molar-refractivity contribution is 0.420. The van der Waals surface area contributed by atoms with Crippen LogP contribution in [-0.2, 0) is 31.1 Å². The predicted octanol–water partition coefficient (Wildman–Crippen LogP) is 15.5. The van der Waals surface area contributed by atoms with Crippen molar-refractivity contribution in [2.24, 2.45) is 11.8 Å². The van der Waals surface area contributed by atoms with E-state index in [-0.39, 0.29) is 5.41 Å². The molecule has 8 aliphatic carbocycles. The second kappa shape index (κ2) is 15.7. The van der Waals surface area contributed by atoms with E-state index in [2.05, 4.69) is 157 Å². The van der Waals surface area contributed by atoms with E-state index >= 15 is 0 Å². The Hall–Kier alpha value is -5.08. The molecule has 14 rings (SSSR count). The van der Waals surface area contributed by atoms with Gasteiger partial charge in [-0.25, -0.2) is 0 Å². The predicted molar refractivity (Wildman–Crippen MR) is 253 cm³/mol. The van der Waals surface area contributed by atoms with E-state index in [1.807, 2.05) is 0 Å². The van der Waals surface area contributed by atoms with Gasteiger partial charge in [-0.05, 0) is 174 Å². The first-order valence-electron chi connectivity index (χ1n) is 23.7. The fourth-order valence-electron chi connectivity index (χ4n) is 12.6. The van der Waals surface area contributed by atoms with Crippen LogP contribution in [0.5, 0.6) is 0 Å². The summed E-state index contributed by atoms with van der Waals surface area (Å²) in [6.07, 6.45) is 19.0. The third-order valence-electron chi connectivity index (χ3n) is 15.8. The van der Waals surface area contributed by atoms with Crippen LogP contribution < -0.4 is 9.80 Å². The average molecular weight is 787 g/mol. The van der Waals surface area contributed by atoms with Crippen molar-refractivity contribution in [2.75, 3.05) is 9.80 Å². The van der Waals surface area contributed by atoms with Crippen molar-refractivity contribution in [1.29, 1.82) is 0 Å². The summed E-state index contributed by atoms with van der Waals surface area (Å²) < 4.78 is 0. The van der Waals surface area contributed by atoms with Crippen LogP contribution in [0.3, 0.4) is 0 Å². The molecule has 0 amide bonds.